The van der Waals surface area contributed by atoms with Crippen molar-refractivity contribution in [1.29, 1.82) is 0 Å². The van der Waals surface area contributed by atoms with E-state index in [2.05, 4.69) is 13.1 Å². The van der Waals surface area contributed by atoms with E-state index >= 15 is 0 Å². The van der Waals surface area contributed by atoms with Gasteiger partial charge in [0.25, 0.3) is 0 Å². The fourth-order valence-corrected chi connectivity index (χ4v) is 6.20. The molecule has 0 saturated heterocycles. The van der Waals surface area contributed by atoms with Gasteiger partial charge in [-0.05, 0) is 30.2 Å². The topological polar surface area (TPSA) is 0 Å². The van der Waals surface area contributed by atoms with Gasteiger partial charge in [0.1, 0.15) is 0 Å². The van der Waals surface area contributed by atoms with Gasteiger partial charge in [0.15, 0.2) is 7.38 Å². The SMILES string of the molecule is C[Si](C)(Cl)[C@H]1C[C@H]2CC[C@H]1C2. The molecule has 0 aromatic rings. The second-order valence-corrected chi connectivity index (χ2v) is 11.6. The summed E-state index contributed by atoms with van der Waals surface area (Å²) in [6.07, 6.45) is 5.96. The molecule has 2 heteroatoms. The number of rotatable bonds is 1. The lowest BCUT2D eigenvalue weighted by Crippen LogP contribution is -2.29. The molecule has 0 radical (unpaired) electrons. The maximum Gasteiger partial charge on any atom is 0.153 e. The largest absolute Gasteiger partial charge is 0.167 e. The molecule has 2 fully saturated rings. The first-order valence-corrected chi connectivity index (χ1v) is 8.85. The van der Waals surface area contributed by atoms with Crippen LogP contribution in [0.2, 0.25) is 18.6 Å². The van der Waals surface area contributed by atoms with Crippen LogP contribution < -0.4 is 0 Å². The van der Waals surface area contributed by atoms with Gasteiger partial charge in [0.05, 0.1) is 0 Å². The third-order valence-electron chi connectivity index (χ3n) is 3.62. The van der Waals surface area contributed by atoms with Crippen molar-refractivity contribution in [1.82, 2.24) is 0 Å². The van der Waals surface area contributed by atoms with Gasteiger partial charge in [0.2, 0.25) is 0 Å². The van der Waals surface area contributed by atoms with Crippen molar-refractivity contribution in [2.75, 3.05) is 0 Å². The predicted octanol–water partition coefficient (Wildman–Crippen LogP) is 3.62. The molecule has 0 nitrogen and oxygen atoms in total. The molecule has 0 aliphatic heterocycles. The highest BCUT2D eigenvalue weighted by Crippen LogP contribution is 2.56. The smallest absolute Gasteiger partial charge is 0.153 e. The highest BCUT2D eigenvalue weighted by Gasteiger charge is 2.46. The molecule has 2 aliphatic carbocycles. The van der Waals surface area contributed by atoms with E-state index < -0.39 is 7.38 Å². The highest BCUT2D eigenvalue weighted by atomic mass is 35.6. The summed E-state index contributed by atoms with van der Waals surface area (Å²) < 4.78 is 0. The molecule has 0 N–H and O–H groups in total. The van der Waals surface area contributed by atoms with E-state index in [9.17, 15) is 0 Å². The maximum absolute atomic E-state index is 6.47. The summed E-state index contributed by atoms with van der Waals surface area (Å²) in [7, 11) is -1.31. The van der Waals surface area contributed by atoms with Crippen molar-refractivity contribution in [3.05, 3.63) is 0 Å². The Morgan fingerprint density at radius 2 is 1.91 bits per heavy atom. The number of fused-ring (bicyclic) bond motifs is 2. The van der Waals surface area contributed by atoms with Gasteiger partial charge in [-0.2, -0.15) is 11.1 Å². The van der Waals surface area contributed by atoms with Crippen LogP contribution >= 0.6 is 11.1 Å². The maximum atomic E-state index is 6.47. The minimum atomic E-state index is -1.31. The molecule has 2 saturated carbocycles. The second kappa shape index (κ2) is 2.50. The van der Waals surface area contributed by atoms with Crippen LogP contribution in [0.5, 0.6) is 0 Å². The van der Waals surface area contributed by atoms with E-state index in [1.165, 1.54) is 25.7 Å². The Morgan fingerprint density at radius 1 is 1.18 bits per heavy atom. The van der Waals surface area contributed by atoms with Gasteiger partial charge in [-0.15, -0.1) is 0 Å². The molecule has 0 unspecified atom stereocenters. The van der Waals surface area contributed by atoms with Crippen LogP contribution in [0.15, 0.2) is 0 Å². The molecular weight excluding hydrogens is 172 g/mol. The lowest BCUT2D eigenvalue weighted by molar-refractivity contribution is 0.472. The van der Waals surface area contributed by atoms with Crippen molar-refractivity contribution < 1.29 is 0 Å². The van der Waals surface area contributed by atoms with E-state index in [4.69, 9.17) is 11.1 Å². The monoisotopic (exact) mass is 188 g/mol. The first-order chi connectivity index (χ1) is 5.07. The lowest BCUT2D eigenvalue weighted by atomic mass is 10.0. The molecule has 0 aromatic heterocycles. The summed E-state index contributed by atoms with van der Waals surface area (Å²) in [4.78, 5) is 0. The van der Waals surface area contributed by atoms with Gasteiger partial charge >= 0.3 is 0 Å². The number of hydrogen-bond acceptors (Lipinski definition) is 0. The van der Waals surface area contributed by atoms with E-state index in [1.54, 1.807) is 0 Å². The Labute approximate surface area is 75.0 Å². The Hall–Kier alpha value is 0.507. The Kier molecular flexibility index (Phi) is 1.84. The molecule has 64 valence electrons. The van der Waals surface area contributed by atoms with Gasteiger partial charge in [-0.1, -0.05) is 25.9 Å². The highest BCUT2D eigenvalue weighted by molar-refractivity contribution is 7.19. The average molecular weight is 189 g/mol. The third kappa shape index (κ3) is 1.38. The standard InChI is InChI=1S/C9H17ClSi/c1-11(2,10)9-6-7-3-4-8(9)5-7/h7-9H,3-6H2,1-2H3/t7-,8-,9-/m0/s1. The summed E-state index contributed by atoms with van der Waals surface area (Å²) >= 11 is 6.47. The van der Waals surface area contributed by atoms with Gasteiger partial charge < -0.3 is 0 Å². The quantitative estimate of drug-likeness (QED) is 0.436. The third-order valence-corrected chi connectivity index (χ3v) is 6.93. The molecule has 0 amide bonds. The molecule has 11 heavy (non-hydrogen) atoms. The van der Waals surface area contributed by atoms with Crippen LogP contribution in [0.3, 0.4) is 0 Å². The van der Waals surface area contributed by atoms with E-state index in [-0.39, 0.29) is 0 Å². The number of hydrogen-bond donors (Lipinski definition) is 0. The van der Waals surface area contributed by atoms with Crippen molar-refractivity contribution in [3.63, 3.8) is 0 Å². The Balaban J connectivity index is 2.08. The lowest BCUT2D eigenvalue weighted by Gasteiger charge is -2.29. The second-order valence-electron chi connectivity index (χ2n) is 4.85. The van der Waals surface area contributed by atoms with Crippen molar-refractivity contribution in [2.45, 2.75) is 44.3 Å². The zero-order valence-corrected chi connectivity index (χ0v) is 9.19. The van der Waals surface area contributed by atoms with Gasteiger partial charge in [-0.3, -0.25) is 0 Å². The van der Waals surface area contributed by atoms with Crippen LogP contribution in [0.1, 0.15) is 25.7 Å². The molecule has 0 aromatic carbocycles. The number of halogens is 1. The Morgan fingerprint density at radius 3 is 2.18 bits per heavy atom. The normalized spacial score (nSPS) is 43.4. The van der Waals surface area contributed by atoms with E-state index in [1.807, 2.05) is 0 Å². The summed E-state index contributed by atoms with van der Waals surface area (Å²) in [5.74, 6) is 2.09. The zero-order chi connectivity index (χ0) is 8.06. The summed E-state index contributed by atoms with van der Waals surface area (Å²) in [6.45, 7) is 4.64. The van der Waals surface area contributed by atoms with Gasteiger partial charge in [0, 0.05) is 0 Å². The summed E-state index contributed by atoms with van der Waals surface area (Å²) in [5.41, 5.74) is 0.947. The van der Waals surface area contributed by atoms with E-state index in [0.29, 0.717) is 0 Å². The molecule has 2 aliphatic rings. The summed E-state index contributed by atoms with van der Waals surface area (Å²) in [5, 5.41) is 0. The van der Waals surface area contributed by atoms with Crippen LogP contribution in [0.4, 0.5) is 0 Å². The van der Waals surface area contributed by atoms with Crippen LogP contribution in [-0.2, 0) is 0 Å². The van der Waals surface area contributed by atoms with Gasteiger partial charge in [-0.25, -0.2) is 0 Å². The fraction of sp³-hybridized carbons (Fsp3) is 1.00. The molecule has 0 heterocycles. The first-order valence-electron chi connectivity index (χ1n) is 4.76. The van der Waals surface area contributed by atoms with Crippen LogP contribution in [0.25, 0.3) is 0 Å². The minimum absolute atomic E-state index is 0.947. The molecule has 0 spiro atoms. The molecular formula is C9H17ClSi. The fourth-order valence-electron chi connectivity index (χ4n) is 3.09. The van der Waals surface area contributed by atoms with Crippen LogP contribution in [0, 0.1) is 11.8 Å². The van der Waals surface area contributed by atoms with E-state index in [0.717, 1.165) is 17.4 Å². The predicted molar refractivity (Wildman–Crippen MR) is 52.5 cm³/mol. The summed E-state index contributed by atoms with van der Waals surface area (Å²) in [6, 6.07) is 0. The first kappa shape index (κ1) is 8.12. The Bertz CT molecular complexity index is 161. The van der Waals surface area contributed by atoms with Crippen molar-refractivity contribution in [3.8, 4) is 0 Å². The zero-order valence-electron chi connectivity index (χ0n) is 7.44. The molecule has 2 bridgehead atoms. The minimum Gasteiger partial charge on any atom is -0.167 e. The average Bonchev–Trinajstić information content (AvgIpc) is 2.42. The molecule has 3 atom stereocenters. The van der Waals surface area contributed by atoms with Crippen molar-refractivity contribution >= 4 is 18.5 Å². The van der Waals surface area contributed by atoms with Crippen molar-refractivity contribution in [2.24, 2.45) is 11.8 Å². The van der Waals surface area contributed by atoms with Crippen LogP contribution in [-0.4, -0.2) is 7.38 Å². The molecule has 2 rings (SSSR count).